The summed E-state index contributed by atoms with van der Waals surface area (Å²) in [6.45, 7) is 8.11. The van der Waals surface area contributed by atoms with Crippen LogP contribution in [0.2, 0.25) is 0 Å². The monoisotopic (exact) mass is 397 g/mol. The molecule has 7 nitrogen and oxygen atoms in total. The smallest absolute Gasteiger partial charge is 0.407 e. The molecule has 2 aliphatic rings. The molecule has 0 bridgehead atoms. The summed E-state index contributed by atoms with van der Waals surface area (Å²) in [6.07, 6.45) is 4.08. The maximum Gasteiger partial charge on any atom is 0.407 e. The molecule has 0 radical (unpaired) electrons. The lowest BCUT2D eigenvalue weighted by atomic mass is 9.97. The van der Waals surface area contributed by atoms with Gasteiger partial charge in [-0.15, -0.1) is 0 Å². The van der Waals surface area contributed by atoms with Crippen molar-refractivity contribution in [3.8, 4) is 0 Å². The van der Waals surface area contributed by atoms with Gasteiger partial charge in [0, 0.05) is 25.7 Å². The van der Waals surface area contributed by atoms with E-state index in [0.717, 1.165) is 48.6 Å². The van der Waals surface area contributed by atoms with E-state index in [4.69, 9.17) is 14.7 Å². The summed E-state index contributed by atoms with van der Waals surface area (Å²) < 4.78 is 5.33. The molecular weight excluding hydrogens is 366 g/mol. The van der Waals surface area contributed by atoms with Gasteiger partial charge in [0.1, 0.15) is 5.60 Å². The number of hydrogen-bond acceptors (Lipinski definition) is 6. The zero-order valence-electron chi connectivity index (χ0n) is 17.6. The Hall–Kier alpha value is -2.57. The number of alkyl carbamates (subject to hydrolysis) is 1. The van der Waals surface area contributed by atoms with Crippen LogP contribution in [0.15, 0.2) is 24.3 Å². The van der Waals surface area contributed by atoms with Gasteiger partial charge < -0.3 is 20.3 Å². The van der Waals surface area contributed by atoms with Gasteiger partial charge in [0.15, 0.2) is 11.6 Å². The highest BCUT2D eigenvalue weighted by Gasteiger charge is 2.27. The molecule has 0 atom stereocenters. The average molecular weight is 398 g/mol. The van der Waals surface area contributed by atoms with Crippen LogP contribution in [0.3, 0.4) is 0 Å². The van der Waals surface area contributed by atoms with E-state index in [1.165, 1.54) is 12.8 Å². The third-order valence-electron chi connectivity index (χ3n) is 5.32. The molecule has 1 aromatic carbocycles. The fraction of sp³-hybridized carbons (Fsp3) is 0.591. The van der Waals surface area contributed by atoms with Crippen LogP contribution in [0.4, 0.5) is 16.4 Å². The highest BCUT2D eigenvalue weighted by Crippen LogP contribution is 2.32. The zero-order valence-corrected chi connectivity index (χ0v) is 17.6. The highest BCUT2D eigenvalue weighted by molar-refractivity contribution is 5.80. The normalized spacial score (nSPS) is 18.0. The van der Waals surface area contributed by atoms with Gasteiger partial charge in [0.25, 0.3) is 0 Å². The lowest BCUT2D eigenvalue weighted by Crippen LogP contribution is -2.40. The van der Waals surface area contributed by atoms with Crippen molar-refractivity contribution in [1.82, 2.24) is 15.3 Å². The molecule has 2 heterocycles. The summed E-state index contributed by atoms with van der Waals surface area (Å²) in [6, 6.07) is 8.56. The molecule has 1 aliphatic carbocycles. The van der Waals surface area contributed by atoms with Crippen LogP contribution in [0.5, 0.6) is 0 Å². The maximum atomic E-state index is 11.9. The second-order valence-electron chi connectivity index (χ2n) is 9.12. The van der Waals surface area contributed by atoms with Gasteiger partial charge in [0.05, 0.1) is 11.0 Å². The Bertz CT molecular complexity index is 867. The number of nitrogens with one attached hydrogen (secondary N) is 2. The van der Waals surface area contributed by atoms with E-state index in [9.17, 15) is 4.79 Å². The lowest BCUT2D eigenvalue weighted by molar-refractivity contribution is 0.0517. The van der Waals surface area contributed by atoms with Crippen molar-refractivity contribution in [1.29, 1.82) is 0 Å². The summed E-state index contributed by atoms with van der Waals surface area (Å²) >= 11 is 0. The van der Waals surface area contributed by atoms with Crippen molar-refractivity contribution in [3.05, 3.63) is 24.3 Å². The third-order valence-corrected chi connectivity index (χ3v) is 5.32. The molecule has 4 rings (SSSR count). The van der Waals surface area contributed by atoms with Crippen LogP contribution in [0, 0.1) is 5.92 Å². The number of carbonyl (C=O) groups is 1. The molecule has 29 heavy (non-hydrogen) atoms. The first-order valence-electron chi connectivity index (χ1n) is 10.6. The Balaban J connectivity index is 1.39. The number of aromatic nitrogens is 2. The molecule has 156 valence electrons. The van der Waals surface area contributed by atoms with Crippen LogP contribution in [0.1, 0.15) is 46.5 Å². The minimum absolute atomic E-state index is 0.337. The van der Waals surface area contributed by atoms with Crippen molar-refractivity contribution in [2.75, 3.05) is 29.9 Å². The van der Waals surface area contributed by atoms with E-state index in [-0.39, 0.29) is 6.09 Å². The molecule has 2 aromatic rings. The fourth-order valence-electron chi connectivity index (χ4n) is 3.62. The van der Waals surface area contributed by atoms with Crippen molar-refractivity contribution in [3.63, 3.8) is 0 Å². The predicted molar refractivity (Wildman–Crippen MR) is 115 cm³/mol. The minimum atomic E-state index is -0.465. The van der Waals surface area contributed by atoms with Gasteiger partial charge in [0.2, 0.25) is 0 Å². The number of carbonyl (C=O) groups excluding carboxylic acids is 1. The standard InChI is InChI=1S/C22H31N5O2/c1-22(2,3)29-21(28)23-14-15-10-12-27(13-11-15)20-19(24-16-8-9-16)25-17-6-4-5-7-18(17)26-20/h4-7,15-16H,8-14H2,1-3H3,(H,23,28)(H,24,25). The molecular formula is C22H31N5O2. The van der Waals surface area contributed by atoms with Crippen molar-refractivity contribution in [2.45, 2.75) is 58.1 Å². The first-order valence-corrected chi connectivity index (χ1v) is 10.6. The largest absolute Gasteiger partial charge is 0.444 e. The van der Waals surface area contributed by atoms with Crippen LogP contribution in [-0.4, -0.2) is 47.3 Å². The van der Waals surface area contributed by atoms with Gasteiger partial charge in [-0.25, -0.2) is 14.8 Å². The Morgan fingerprint density at radius 2 is 1.76 bits per heavy atom. The number of nitrogens with zero attached hydrogens (tertiary/aromatic N) is 3. The van der Waals surface area contributed by atoms with Gasteiger partial charge in [-0.05, 0) is 64.5 Å². The minimum Gasteiger partial charge on any atom is -0.444 e. The van der Waals surface area contributed by atoms with E-state index in [2.05, 4.69) is 15.5 Å². The molecule has 2 fully saturated rings. The number of hydrogen-bond donors (Lipinski definition) is 2. The number of piperidine rings is 1. The fourth-order valence-corrected chi connectivity index (χ4v) is 3.62. The second-order valence-corrected chi connectivity index (χ2v) is 9.12. The molecule has 2 N–H and O–H groups in total. The maximum absolute atomic E-state index is 11.9. The first-order chi connectivity index (χ1) is 13.9. The molecule has 1 amide bonds. The topological polar surface area (TPSA) is 79.4 Å². The molecule has 1 aliphatic heterocycles. The Morgan fingerprint density at radius 1 is 1.10 bits per heavy atom. The Kier molecular flexibility index (Phi) is 5.48. The number of amides is 1. The summed E-state index contributed by atoms with van der Waals surface area (Å²) in [4.78, 5) is 24.0. The van der Waals surface area contributed by atoms with Crippen LogP contribution in [0.25, 0.3) is 11.0 Å². The Morgan fingerprint density at radius 3 is 2.38 bits per heavy atom. The quantitative estimate of drug-likeness (QED) is 0.795. The molecule has 1 saturated carbocycles. The van der Waals surface area contributed by atoms with Gasteiger partial charge in [-0.1, -0.05) is 12.1 Å². The zero-order chi connectivity index (χ0) is 20.4. The number of fused-ring (bicyclic) bond motifs is 1. The van der Waals surface area contributed by atoms with E-state index in [1.807, 2.05) is 45.0 Å². The summed E-state index contributed by atoms with van der Waals surface area (Å²) in [7, 11) is 0. The van der Waals surface area contributed by atoms with E-state index in [1.54, 1.807) is 0 Å². The van der Waals surface area contributed by atoms with Crippen LogP contribution in [-0.2, 0) is 4.74 Å². The van der Waals surface area contributed by atoms with Crippen molar-refractivity contribution >= 4 is 28.8 Å². The predicted octanol–water partition coefficient (Wildman–Crippen LogP) is 3.95. The highest BCUT2D eigenvalue weighted by atomic mass is 16.6. The molecule has 7 heteroatoms. The van der Waals surface area contributed by atoms with Gasteiger partial charge in [-0.2, -0.15) is 0 Å². The van der Waals surface area contributed by atoms with Gasteiger partial charge >= 0.3 is 6.09 Å². The second kappa shape index (κ2) is 8.05. The number of rotatable bonds is 5. The summed E-state index contributed by atoms with van der Waals surface area (Å²) in [5.41, 5.74) is 1.39. The first kappa shape index (κ1) is 19.7. The molecule has 1 aromatic heterocycles. The Labute approximate surface area is 172 Å². The number of para-hydroxylation sites is 2. The number of anilines is 2. The summed E-state index contributed by atoms with van der Waals surface area (Å²) in [5.74, 6) is 2.30. The SMILES string of the molecule is CC(C)(C)OC(=O)NCC1CCN(c2nc3ccccc3nc2NC2CC2)CC1. The van der Waals surface area contributed by atoms with Crippen molar-refractivity contribution in [2.24, 2.45) is 5.92 Å². The van der Waals surface area contributed by atoms with Crippen LogP contribution < -0.4 is 15.5 Å². The number of benzene rings is 1. The molecule has 0 spiro atoms. The lowest BCUT2D eigenvalue weighted by Gasteiger charge is -2.34. The van der Waals surface area contributed by atoms with Gasteiger partial charge in [-0.3, -0.25) is 0 Å². The van der Waals surface area contributed by atoms with Crippen LogP contribution >= 0.6 is 0 Å². The number of ether oxygens (including phenoxy) is 1. The summed E-state index contributed by atoms with van der Waals surface area (Å²) in [5, 5.41) is 6.47. The van der Waals surface area contributed by atoms with Crippen molar-refractivity contribution < 1.29 is 9.53 Å². The molecule has 0 unspecified atom stereocenters. The molecule has 1 saturated heterocycles. The van der Waals surface area contributed by atoms with E-state index in [0.29, 0.717) is 18.5 Å². The average Bonchev–Trinajstić information content (AvgIpc) is 3.49. The third kappa shape index (κ3) is 5.28. The van der Waals surface area contributed by atoms with E-state index < -0.39 is 5.60 Å². The van der Waals surface area contributed by atoms with E-state index >= 15 is 0 Å².